The van der Waals surface area contributed by atoms with Crippen molar-refractivity contribution >= 4 is 29.1 Å². The van der Waals surface area contributed by atoms with E-state index in [1.54, 1.807) is 56.6 Å². The van der Waals surface area contributed by atoms with E-state index in [1.807, 2.05) is 6.07 Å². The van der Waals surface area contributed by atoms with E-state index in [2.05, 4.69) is 16.5 Å². The molecule has 0 saturated heterocycles. The number of esters is 1. The lowest BCUT2D eigenvalue weighted by Crippen LogP contribution is -2.42. The molecule has 0 fully saturated rings. The molecule has 0 aliphatic carbocycles. The van der Waals surface area contributed by atoms with E-state index in [9.17, 15) is 24.3 Å². The highest BCUT2D eigenvalue weighted by Gasteiger charge is 2.43. The Morgan fingerprint density at radius 3 is 2.51 bits per heavy atom. The fraction of sp³-hybridized carbons (Fsp3) is 0.270. The number of nitrogens with one attached hydrogen (secondary N) is 1. The zero-order chi connectivity index (χ0) is 38.3. The molecule has 5 rings (SSSR count). The number of aromatic nitrogens is 4. The number of hydrogen-bond donors (Lipinski definition) is 2. The predicted molar refractivity (Wildman–Crippen MR) is 188 cm³/mol. The Hall–Kier alpha value is -6.07. The highest BCUT2D eigenvalue weighted by Crippen LogP contribution is 2.41. The summed E-state index contributed by atoms with van der Waals surface area (Å²) in [5.41, 5.74) is 0.524. The van der Waals surface area contributed by atoms with E-state index < -0.39 is 41.4 Å². The molecule has 0 radical (unpaired) electrons. The molecule has 2 N–H and O–H groups in total. The summed E-state index contributed by atoms with van der Waals surface area (Å²) < 4.78 is 43.6. The third-order valence-electron chi connectivity index (χ3n) is 8.56. The van der Waals surface area contributed by atoms with Crippen molar-refractivity contribution < 1.29 is 37.5 Å². The van der Waals surface area contributed by atoms with E-state index in [0.717, 1.165) is 23.8 Å². The maximum absolute atomic E-state index is 15.4. The molecule has 5 aromatic rings. The SMILES string of the molecule is CNCC(=O)OCc1cc(C#N)ccc1N(C)C(=O)OC(C)[n+]1cnn(CC(O)(c2cc(F)ccc2F)C(C)c2nc(-c3ccc(C#N)cc3)cs2)c1. The maximum Gasteiger partial charge on any atom is 0.416 e. The van der Waals surface area contributed by atoms with Gasteiger partial charge in [-0.2, -0.15) is 15.1 Å². The lowest BCUT2D eigenvalue weighted by atomic mass is 9.82. The van der Waals surface area contributed by atoms with Crippen LogP contribution in [0.2, 0.25) is 0 Å². The van der Waals surface area contributed by atoms with Crippen LogP contribution < -0.4 is 14.8 Å². The number of anilines is 1. The molecule has 0 bridgehead atoms. The fourth-order valence-corrected chi connectivity index (χ4v) is 6.49. The minimum Gasteiger partial charge on any atom is -0.460 e. The quantitative estimate of drug-likeness (QED) is 0.123. The monoisotopic (exact) mass is 741 g/mol. The van der Waals surface area contributed by atoms with Crippen molar-refractivity contribution in [2.24, 2.45) is 0 Å². The number of carbonyl (C=O) groups excluding carboxylic acids is 2. The van der Waals surface area contributed by atoms with Gasteiger partial charge in [0.1, 0.15) is 30.4 Å². The van der Waals surface area contributed by atoms with Crippen LogP contribution in [0.15, 0.2) is 78.7 Å². The van der Waals surface area contributed by atoms with Gasteiger partial charge in [-0.15, -0.1) is 16.0 Å². The van der Waals surface area contributed by atoms with Gasteiger partial charge in [-0.25, -0.2) is 18.6 Å². The number of likely N-dealkylation sites (N-methyl/N-ethyl adjacent to an activating group) is 1. The van der Waals surface area contributed by atoms with Crippen molar-refractivity contribution in [1.29, 1.82) is 10.5 Å². The molecule has 0 aliphatic heterocycles. The summed E-state index contributed by atoms with van der Waals surface area (Å²) in [6.45, 7) is 2.69. The molecule has 2 aromatic heterocycles. The normalized spacial score (nSPS) is 13.2. The van der Waals surface area contributed by atoms with Crippen LogP contribution in [-0.2, 0) is 33.0 Å². The second kappa shape index (κ2) is 16.5. The van der Waals surface area contributed by atoms with Crippen LogP contribution in [0, 0.1) is 34.3 Å². The molecule has 2 heterocycles. The van der Waals surface area contributed by atoms with Crippen LogP contribution in [0.5, 0.6) is 0 Å². The summed E-state index contributed by atoms with van der Waals surface area (Å²) in [6.07, 6.45) is 1.09. The molecule has 3 aromatic carbocycles. The van der Waals surface area contributed by atoms with Crippen LogP contribution in [0.4, 0.5) is 19.3 Å². The lowest BCUT2D eigenvalue weighted by Gasteiger charge is -2.32. The number of nitriles is 2. The van der Waals surface area contributed by atoms with Crippen LogP contribution in [-0.4, -0.2) is 52.6 Å². The number of thiazole rings is 1. The van der Waals surface area contributed by atoms with E-state index in [4.69, 9.17) is 19.7 Å². The number of nitrogens with zero attached hydrogens (tertiary/aromatic N) is 7. The number of carbonyl (C=O) groups is 2. The molecule has 3 atom stereocenters. The van der Waals surface area contributed by atoms with Gasteiger partial charge in [0.05, 0.1) is 46.2 Å². The molecular formula is C37H35F2N8O5S+. The maximum atomic E-state index is 15.4. The molecule has 0 aliphatic rings. The Morgan fingerprint density at radius 2 is 1.81 bits per heavy atom. The first-order valence-electron chi connectivity index (χ1n) is 16.2. The molecule has 0 spiro atoms. The van der Waals surface area contributed by atoms with Crippen LogP contribution >= 0.6 is 11.3 Å². The van der Waals surface area contributed by atoms with Gasteiger partial charge >= 0.3 is 12.1 Å². The van der Waals surface area contributed by atoms with Crippen LogP contribution in [0.3, 0.4) is 0 Å². The third-order valence-corrected chi connectivity index (χ3v) is 9.59. The minimum absolute atomic E-state index is 0.0210. The minimum atomic E-state index is -2.06. The smallest absolute Gasteiger partial charge is 0.416 e. The van der Waals surface area contributed by atoms with Crippen molar-refractivity contribution in [3.8, 4) is 23.4 Å². The summed E-state index contributed by atoms with van der Waals surface area (Å²) in [5.74, 6) is -2.95. The van der Waals surface area contributed by atoms with Gasteiger partial charge in [0.25, 0.3) is 6.33 Å². The molecule has 53 heavy (non-hydrogen) atoms. The van der Waals surface area contributed by atoms with Gasteiger partial charge in [-0.1, -0.05) is 19.1 Å². The molecular weight excluding hydrogens is 707 g/mol. The number of rotatable bonds is 13. The lowest BCUT2D eigenvalue weighted by molar-refractivity contribution is -0.753. The highest BCUT2D eigenvalue weighted by molar-refractivity contribution is 7.10. The van der Waals surface area contributed by atoms with E-state index in [1.165, 1.54) is 57.3 Å². The first kappa shape index (κ1) is 38.2. The van der Waals surface area contributed by atoms with Gasteiger partial charge < -0.3 is 19.9 Å². The number of aliphatic hydroxyl groups is 1. The first-order chi connectivity index (χ1) is 25.4. The van der Waals surface area contributed by atoms with Crippen LogP contribution in [0.1, 0.15) is 53.3 Å². The Morgan fingerprint density at radius 1 is 1.09 bits per heavy atom. The summed E-state index contributed by atoms with van der Waals surface area (Å²) >= 11 is 1.24. The number of benzene rings is 3. The van der Waals surface area contributed by atoms with E-state index in [0.29, 0.717) is 33.1 Å². The van der Waals surface area contributed by atoms with Crippen molar-refractivity contribution in [2.75, 3.05) is 25.5 Å². The van der Waals surface area contributed by atoms with Gasteiger partial charge in [-0.05, 0) is 55.6 Å². The standard InChI is InChI=1S/C37H35F2N8O5S/c1-23(35-44-32(19-53-35)27-8-5-25(15-40)6-9-27)37(50,30-14-29(38)10-11-31(30)39)20-47-22-46(21-43-47)24(2)52-36(49)45(4)33-12-7-26(16-41)13-28(33)18-51-34(48)17-42-3/h5-14,19,21-24,42,50H,17-18,20H2,1-4H3/q+1. The Labute approximate surface area is 307 Å². The second-order valence-corrected chi connectivity index (χ2v) is 13.0. The Balaban J connectivity index is 1.36. The summed E-state index contributed by atoms with van der Waals surface area (Å²) in [4.78, 5) is 31.1. The van der Waals surface area contributed by atoms with Gasteiger partial charge in [0.15, 0.2) is 0 Å². The fourth-order valence-electron chi connectivity index (χ4n) is 5.52. The molecule has 272 valence electrons. The third kappa shape index (κ3) is 8.70. The van der Waals surface area contributed by atoms with Gasteiger partial charge in [-0.3, -0.25) is 9.69 Å². The Bertz CT molecular complexity index is 2200. The van der Waals surface area contributed by atoms with Crippen molar-refractivity contribution in [3.05, 3.63) is 118 Å². The molecule has 1 amide bonds. The average Bonchev–Trinajstić information content (AvgIpc) is 3.85. The number of hydrogen-bond acceptors (Lipinski definition) is 11. The van der Waals surface area contributed by atoms with Gasteiger partial charge in [0, 0.05) is 47.1 Å². The van der Waals surface area contributed by atoms with E-state index >= 15 is 4.39 Å². The number of amides is 1. The van der Waals surface area contributed by atoms with Crippen molar-refractivity contribution in [1.82, 2.24) is 20.1 Å². The molecule has 16 heteroatoms. The number of halogens is 2. The number of ether oxygens (including phenoxy) is 2. The molecule has 13 nitrogen and oxygen atoms in total. The van der Waals surface area contributed by atoms with Crippen LogP contribution in [0.25, 0.3) is 11.3 Å². The Kier molecular flexibility index (Phi) is 11.9. The zero-order valence-corrected chi connectivity index (χ0v) is 30.0. The summed E-state index contributed by atoms with van der Waals surface area (Å²) in [6, 6.07) is 18.3. The summed E-state index contributed by atoms with van der Waals surface area (Å²) in [5, 5.41) is 40.0. The first-order valence-corrected chi connectivity index (χ1v) is 17.1. The zero-order valence-electron chi connectivity index (χ0n) is 29.2. The summed E-state index contributed by atoms with van der Waals surface area (Å²) in [7, 11) is 3.06. The molecule has 0 saturated carbocycles. The van der Waals surface area contributed by atoms with Gasteiger partial charge in [0.2, 0.25) is 12.6 Å². The largest absolute Gasteiger partial charge is 0.460 e. The van der Waals surface area contributed by atoms with Crippen molar-refractivity contribution in [2.45, 2.75) is 44.7 Å². The average molecular weight is 742 g/mol. The molecule has 3 unspecified atom stereocenters. The highest BCUT2D eigenvalue weighted by atomic mass is 32.1. The second-order valence-electron chi connectivity index (χ2n) is 12.1. The predicted octanol–water partition coefficient (Wildman–Crippen LogP) is 5.06. The van der Waals surface area contributed by atoms with E-state index in [-0.39, 0.29) is 25.3 Å². The topological polar surface area (TPSA) is 170 Å². The van der Waals surface area contributed by atoms with Crippen molar-refractivity contribution in [3.63, 3.8) is 0 Å².